The molecule has 0 N–H and O–H groups in total. The van der Waals surface area contributed by atoms with Gasteiger partial charge in [0, 0.05) is 45.9 Å². The summed E-state index contributed by atoms with van der Waals surface area (Å²) in [6.45, 7) is 0. The Morgan fingerprint density at radius 2 is 0.500 bits per heavy atom. The molecule has 0 unspecified atom stereocenters. The van der Waals surface area contributed by atoms with Crippen molar-refractivity contribution in [2.45, 2.75) is 0 Å². The molecule has 4 nitrogen and oxygen atoms in total. The molecule has 0 aliphatic heterocycles. The zero-order valence-corrected chi connectivity index (χ0v) is 41.3. The second kappa shape index (κ2) is 17.8. The van der Waals surface area contributed by atoms with Gasteiger partial charge in [-0.2, -0.15) is 0 Å². The van der Waals surface area contributed by atoms with Crippen molar-refractivity contribution in [2.24, 2.45) is 0 Å². The number of rotatable bonds is 8. The average molecular weight is 967 g/mol. The van der Waals surface area contributed by atoms with Crippen LogP contribution in [0.2, 0.25) is 0 Å². The van der Waals surface area contributed by atoms with E-state index in [9.17, 15) is 0 Å². The number of fused-ring (bicyclic) bond motifs is 8. The Labute approximate surface area is 439 Å². The molecular weight excluding hydrogens is 921 g/mol. The van der Waals surface area contributed by atoms with Gasteiger partial charge in [0.1, 0.15) is 11.6 Å². The highest BCUT2D eigenvalue weighted by atomic mass is 15.2. The number of aromatic nitrogens is 2. The first-order valence-corrected chi connectivity index (χ1v) is 25.9. The fourth-order valence-corrected chi connectivity index (χ4v) is 11.8. The summed E-state index contributed by atoms with van der Waals surface area (Å²) in [4.78, 5) is 15.8. The third-order valence-corrected chi connectivity index (χ3v) is 15.4. The molecule has 0 saturated carbocycles. The summed E-state index contributed by atoms with van der Waals surface area (Å²) in [5.41, 5.74) is 8.57. The molecule has 0 fully saturated rings. The fourth-order valence-electron chi connectivity index (χ4n) is 11.8. The van der Waals surface area contributed by atoms with Gasteiger partial charge < -0.3 is 0 Å². The van der Waals surface area contributed by atoms with Crippen LogP contribution in [0.3, 0.4) is 0 Å². The molecule has 354 valence electrons. The van der Waals surface area contributed by atoms with Crippen LogP contribution >= 0.6 is 0 Å². The summed E-state index contributed by atoms with van der Waals surface area (Å²) < 4.78 is 0. The van der Waals surface area contributed by atoms with Crippen molar-refractivity contribution in [1.82, 2.24) is 9.97 Å². The molecule has 2 heterocycles. The lowest BCUT2D eigenvalue weighted by Gasteiger charge is -2.28. The molecule has 0 bridgehead atoms. The Bertz CT molecular complexity index is 4330. The van der Waals surface area contributed by atoms with E-state index in [-0.39, 0.29) is 0 Å². The lowest BCUT2D eigenvalue weighted by atomic mass is 9.84. The van der Waals surface area contributed by atoms with E-state index >= 15 is 0 Å². The summed E-state index contributed by atoms with van der Waals surface area (Å²) in [6, 6.07) is 96.7. The Morgan fingerprint density at radius 1 is 0.211 bits per heavy atom. The van der Waals surface area contributed by atoms with Crippen molar-refractivity contribution in [2.75, 3.05) is 9.80 Å². The maximum Gasteiger partial charge on any atom is 0.138 e. The van der Waals surface area contributed by atoms with Crippen molar-refractivity contribution in [1.29, 1.82) is 0 Å². The lowest BCUT2D eigenvalue weighted by Crippen LogP contribution is -2.12. The molecule has 0 amide bonds. The summed E-state index contributed by atoms with van der Waals surface area (Å²) in [7, 11) is 0. The van der Waals surface area contributed by atoms with Crippen LogP contribution in [0, 0.1) is 0 Å². The van der Waals surface area contributed by atoms with Crippen LogP contribution in [0.1, 0.15) is 0 Å². The third-order valence-electron chi connectivity index (χ3n) is 15.4. The van der Waals surface area contributed by atoms with Gasteiger partial charge in [-0.15, -0.1) is 0 Å². The molecule has 0 spiro atoms. The van der Waals surface area contributed by atoms with Crippen LogP contribution in [0.4, 0.5) is 34.4 Å². The Hall–Kier alpha value is -10.2. The minimum absolute atomic E-state index is 0.811. The monoisotopic (exact) mass is 966 g/mol. The Morgan fingerprint density at radius 3 is 0.842 bits per heavy atom. The lowest BCUT2D eigenvalue weighted by molar-refractivity contribution is 1.19. The normalized spacial score (nSPS) is 11.7. The zero-order valence-electron chi connectivity index (χ0n) is 41.3. The molecule has 15 rings (SSSR count). The van der Waals surface area contributed by atoms with Gasteiger partial charge in [-0.05, 0) is 158 Å². The quantitative estimate of drug-likeness (QED) is 0.142. The number of hydrogen-bond acceptors (Lipinski definition) is 4. The van der Waals surface area contributed by atoms with Gasteiger partial charge in [-0.3, -0.25) is 9.80 Å². The number of nitrogens with zero attached hydrogens (tertiary/aromatic N) is 4. The van der Waals surface area contributed by atoms with Crippen molar-refractivity contribution < 1.29 is 0 Å². The SMILES string of the molecule is c1ccc2cc(N(c3ccc4ccccc4c3)c3cc4c(-c5cccc6ccccc56)c5cnc(N(c6ccc7ccccc7c6)c6ccc7ccccc7c6)cc5c(-c5cccc6ccccc56)c4cn3)ccc2c1. The number of pyridine rings is 2. The van der Waals surface area contributed by atoms with E-state index in [1.165, 1.54) is 43.1 Å². The molecule has 0 radical (unpaired) electrons. The van der Waals surface area contributed by atoms with E-state index in [1.807, 2.05) is 0 Å². The molecule has 2 aromatic heterocycles. The van der Waals surface area contributed by atoms with Crippen LogP contribution in [-0.2, 0) is 0 Å². The zero-order chi connectivity index (χ0) is 50.1. The highest BCUT2D eigenvalue weighted by molar-refractivity contribution is 6.26. The van der Waals surface area contributed by atoms with Gasteiger partial charge in [0.2, 0.25) is 0 Å². The molecule has 0 saturated heterocycles. The number of anilines is 6. The molecule has 13 aromatic carbocycles. The second-order valence-electron chi connectivity index (χ2n) is 19.8. The van der Waals surface area contributed by atoms with E-state index < -0.39 is 0 Å². The number of hydrogen-bond donors (Lipinski definition) is 0. The van der Waals surface area contributed by atoms with Crippen LogP contribution in [-0.4, -0.2) is 9.97 Å². The van der Waals surface area contributed by atoms with Crippen molar-refractivity contribution >= 4 is 121 Å². The van der Waals surface area contributed by atoms with Crippen molar-refractivity contribution in [3.63, 3.8) is 0 Å². The largest absolute Gasteiger partial charge is 0.295 e. The van der Waals surface area contributed by atoms with E-state index in [4.69, 9.17) is 9.97 Å². The highest BCUT2D eigenvalue weighted by Gasteiger charge is 2.25. The summed E-state index contributed by atoms with van der Waals surface area (Å²) in [5.74, 6) is 1.62. The minimum atomic E-state index is 0.811. The first kappa shape index (κ1) is 43.4. The summed E-state index contributed by atoms with van der Waals surface area (Å²) in [6.07, 6.45) is 4.27. The summed E-state index contributed by atoms with van der Waals surface area (Å²) in [5, 5.41) is 18.3. The first-order chi connectivity index (χ1) is 37.7. The van der Waals surface area contributed by atoms with Crippen LogP contribution in [0.15, 0.2) is 279 Å². The molecule has 76 heavy (non-hydrogen) atoms. The topological polar surface area (TPSA) is 32.3 Å². The Kier molecular flexibility index (Phi) is 10.2. The molecule has 15 aromatic rings. The van der Waals surface area contributed by atoms with E-state index in [0.29, 0.717) is 0 Å². The van der Waals surface area contributed by atoms with Gasteiger partial charge in [0.05, 0.1) is 0 Å². The second-order valence-corrected chi connectivity index (χ2v) is 19.8. The van der Waals surface area contributed by atoms with Gasteiger partial charge in [0.25, 0.3) is 0 Å². The maximum absolute atomic E-state index is 5.60. The molecule has 0 aliphatic carbocycles. The molecule has 0 atom stereocenters. The number of benzene rings is 13. The van der Waals surface area contributed by atoms with Crippen LogP contribution < -0.4 is 9.80 Å². The molecular formula is C72H46N4. The molecule has 4 heteroatoms. The predicted molar refractivity (Wildman–Crippen MR) is 322 cm³/mol. The van der Waals surface area contributed by atoms with Crippen LogP contribution in [0.5, 0.6) is 0 Å². The van der Waals surface area contributed by atoms with Gasteiger partial charge in [-0.1, -0.05) is 206 Å². The Balaban J connectivity index is 1.07. The van der Waals surface area contributed by atoms with Gasteiger partial charge in [-0.25, -0.2) is 9.97 Å². The maximum atomic E-state index is 5.60. The average Bonchev–Trinajstić information content (AvgIpc) is 3.51. The fraction of sp³-hybridized carbons (Fsp3) is 0. The predicted octanol–water partition coefficient (Wildman–Crippen LogP) is 20.0. The van der Waals surface area contributed by atoms with E-state index in [0.717, 1.165) is 99.7 Å². The van der Waals surface area contributed by atoms with Gasteiger partial charge >= 0.3 is 0 Å². The third kappa shape index (κ3) is 7.30. The van der Waals surface area contributed by atoms with Crippen molar-refractivity contribution in [3.8, 4) is 22.3 Å². The standard InChI is InChI=1S/C72H46N4/c1-5-21-53-39-57(35-31-47(53)15-1)75(58-36-32-48-16-2-6-22-54(48)40-58)69-43-65-67(45-73-69)72(64-30-14-26-52-20-10-12-28-62(52)64)66-44-70(74-46-68(66)71(65)63-29-13-25-51-19-9-11-27-61(51)63)76(59-37-33-49-17-3-7-23-55(49)41-59)60-38-34-50-18-4-8-24-56(50)42-60/h1-46H. The minimum Gasteiger partial charge on any atom is -0.295 e. The smallest absolute Gasteiger partial charge is 0.138 e. The van der Waals surface area contributed by atoms with Crippen molar-refractivity contribution in [3.05, 3.63) is 279 Å². The molecule has 0 aliphatic rings. The van der Waals surface area contributed by atoms with Crippen LogP contribution in [0.25, 0.3) is 108 Å². The summed E-state index contributed by atoms with van der Waals surface area (Å²) >= 11 is 0. The van der Waals surface area contributed by atoms with E-state index in [2.05, 4.69) is 289 Å². The highest BCUT2D eigenvalue weighted by Crippen LogP contribution is 2.50. The first-order valence-electron chi connectivity index (χ1n) is 25.9. The van der Waals surface area contributed by atoms with Gasteiger partial charge in [0.15, 0.2) is 0 Å². The van der Waals surface area contributed by atoms with E-state index in [1.54, 1.807) is 0 Å².